The van der Waals surface area contributed by atoms with Crippen LogP contribution in [0.25, 0.3) is 0 Å². The first kappa shape index (κ1) is 12.5. The second kappa shape index (κ2) is 6.96. The maximum absolute atomic E-state index is 6.44. The van der Waals surface area contributed by atoms with Gasteiger partial charge in [0.05, 0.1) is 0 Å². The van der Waals surface area contributed by atoms with E-state index in [4.69, 9.17) is 11.1 Å². The van der Waals surface area contributed by atoms with Crippen LogP contribution < -0.4 is 0 Å². The van der Waals surface area contributed by atoms with Crippen molar-refractivity contribution in [2.24, 2.45) is 0 Å². The van der Waals surface area contributed by atoms with E-state index in [2.05, 4.69) is 27.7 Å². The van der Waals surface area contributed by atoms with Gasteiger partial charge in [-0.25, -0.2) is 0 Å². The Hall–Kier alpha value is 0.507. The van der Waals surface area contributed by atoms with Crippen LogP contribution in [0.1, 0.15) is 53.4 Å². The van der Waals surface area contributed by atoms with Crippen molar-refractivity contribution in [1.29, 1.82) is 0 Å². The van der Waals surface area contributed by atoms with Gasteiger partial charge in [-0.1, -0.05) is 53.4 Å². The van der Waals surface area contributed by atoms with Crippen molar-refractivity contribution in [3.8, 4) is 0 Å². The molecule has 0 nitrogen and oxygen atoms in total. The molecule has 0 aromatic heterocycles. The van der Waals surface area contributed by atoms with Gasteiger partial charge in [0.15, 0.2) is 8.11 Å². The standard InChI is InChI=1S/C10H22ClSi/c1-5-7-9(3)12(11)10(4)8-6-2/h9-10H,5-8H2,1-4H3. The summed E-state index contributed by atoms with van der Waals surface area (Å²) in [6.07, 6.45) is 5.18. The van der Waals surface area contributed by atoms with Crippen LogP contribution in [0, 0.1) is 0 Å². The van der Waals surface area contributed by atoms with Crippen LogP contribution in [0.15, 0.2) is 0 Å². The largest absolute Gasteiger partial charge is 0.171 e. The monoisotopic (exact) mass is 205 g/mol. The molecule has 0 fully saturated rings. The third-order valence-electron chi connectivity index (χ3n) is 2.38. The fourth-order valence-corrected chi connectivity index (χ4v) is 4.38. The average Bonchev–Trinajstić information content (AvgIpc) is 2.04. The van der Waals surface area contributed by atoms with Gasteiger partial charge in [0.1, 0.15) is 0 Å². The van der Waals surface area contributed by atoms with Gasteiger partial charge >= 0.3 is 0 Å². The number of hydrogen-bond acceptors (Lipinski definition) is 0. The third-order valence-corrected chi connectivity index (χ3v) is 7.08. The zero-order valence-electron chi connectivity index (χ0n) is 8.86. The summed E-state index contributed by atoms with van der Waals surface area (Å²) < 4.78 is 0. The zero-order valence-corrected chi connectivity index (χ0v) is 10.6. The van der Waals surface area contributed by atoms with Gasteiger partial charge in [-0.2, -0.15) is 11.1 Å². The van der Waals surface area contributed by atoms with E-state index in [0.29, 0.717) is 0 Å². The Labute approximate surface area is 84.0 Å². The third kappa shape index (κ3) is 4.51. The molecule has 12 heavy (non-hydrogen) atoms. The minimum atomic E-state index is -0.598. The molecule has 0 bridgehead atoms. The summed E-state index contributed by atoms with van der Waals surface area (Å²) >= 11 is 6.44. The van der Waals surface area contributed by atoms with Gasteiger partial charge in [0.2, 0.25) is 0 Å². The molecule has 0 aromatic rings. The Morgan fingerprint density at radius 2 is 1.33 bits per heavy atom. The summed E-state index contributed by atoms with van der Waals surface area (Å²) in [4.78, 5) is 0. The van der Waals surface area contributed by atoms with Crippen LogP contribution in [0.3, 0.4) is 0 Å². The molecule has 0 saturated carbocycles. The molecule has 0 N–H and O–H groups in total. The summed E-state index contributed by atoms with van der Waals surface area (Å²) in [6.45, 7) is 9.12. The molecule has 0 heterocycles. The Bertz CT molecular complexity index is 94.0. The van der Waals surface area contributed by atoms with E-state index in [0.717, 1.165) is 11.1 Å². The summed E-state index contributed by atoms with van der Waals surface area (Å²) in [5.74, 6) is 0. The summed E-state index contributed by atoms with van der Waals surface area (Å²) in [6, 6.07) is 0. The maximum atomic E-state index is 6.44. The Kier molecular flexibility index (Phi) is 7.26. The van der Waals surface area contributed by atoms with Gasteiger partial charge in [0, 0.05) is 0 Å². The molecular weight excluding hydrogens is 184 g/mol. The fourth-order valence-electron chi connectivity index (χ4n) is 1.63. The summed E-state index contributed by atoms with van der Waals surface area (Å²) in [5.41, 5.74) is 1.56. The van der Waals surface area contributed by atoms with Crippen LogP contribution >= 0.6 is 11.1 Å². The topological polar surface area (TPSA) is 0 Å². The summed E-state index contributed by atoms with van der Waals surface area (Å²) in [5, 5.41) is 0. The van der Waals surface area contributed by atoms with Crippen molar-refractivity contribution in [3.05, 3.63) is 0 Å². The Balaban J connectivity index is 3.73. The zero-order chi connectivity index (χ0) is 9.56. The van der Waals surface area contributed by atoms with Crippen LogP contribution in [0.4, 0.5) is 0 Å². The minimum absolute atomic E-state index is 0.598. The van der Waals surface area contributed by atoms with E-state index in [1.165, 1.54) is 25.7 Å². The first-order valence-corrected chi connectivity index (χ1v) is 7.82. The molecular formula is C10H22ClSi. The molecule has 0 spiro atoms. The van der Waals surface area contributed by atoms with Crippen LogP contribution in [0.2, 0.25) is 11.1 Å². The lowest BCUT2D eigenvalue weighted by atomic mass is 10.3. The highest BCUT2D eigenvalue weighted by molar-refractivity contribution is 7.08. The average molecular weight is 206 g/mol. The van der Waals surface area contributed by atoms with Crippen molar-refractivity contribution in [1.82, 2.24) is 0 Å². The van der Waals surface area contributed by atoms with Crippen molar-refractivity contribution < 1.29 is 0 Å². The molecule has 0 aliphatic rings. The summed E-state index contributed by atoms with van der Waals surface area (Å²) in [7, 11) is -0.598. The molecule has 2 atom stereocenters. The smallest absolute Gasteiger partial charge is 0.168 e. The first-order valence-electron chi connectivity index (χ1n) is 5.15. The maximum Gasteiger partial charge on any atom is 0.171 e. The molecule has 0 rings (SSSR count). The van der Waals surface area contributed by atoms with Crippen molar-refractivity contribution in [2.45, 2.75) is 64.5 Å². The predicted molar refractivity (Wildman–Crippen MR) is 60.3 cm³/mol. The lowest BCUT2D eigenvalue weighted by Gasteiger charge is -2.20. The van der Waals surface area contributed by atoms with Crippen LogP contribution in [0.5, 0.6) is 0 Å². The lowest BCUT2D eigenvalue weighted by molar-refractivity contribution is 0.710. The fraction of sp³-hybridized carbons (Fsp3) is 1.00. The SMILES string of the molecule is CCCC(C)[Si](Cl)C(C)CCC. The molecule has 73 valence electrons. The van der Waals surface area contributed by atoms with Gasteiger partial charge in [0.25, 0.3) is 0 Å². The van der Waals surface area contributed by atoms with E-state index < -0.39 is 8.11 Å². The highest BCUT2D eigenvalue weighted by Gasteiger charge is 2.22. The van der Waals surface area contributed by atoms with Gasteiger partial charge in [-0.05, 0) is 11.1 Å². The van der Waals surface area contributed by atoms with Gasteiger partial charge in [-0.3, -0.25) is 0 Å². The second-order valence-electron chi connectivity index (χ2n) is 3.76. The molecule has 2 unspecified atom stereocenters. The normalized spacial score (nSPS) is 16.5. The van der Waals surface area contributed by atoms with E-state index in [-0.39, 0.29) is 0 Å². The highest BCUT2D eigenvalue weighted by atomic mass is 35.6. The van der Waals surface area contributed by atoms with Gasteiger partial charge < -0.3 is 0 Å². The first-order chi connectivity index (χ1) is 5.63. The van der Waals surface area contributed by atoms with Crippen molar-refractivity contribution in [2.75, 3.05) is 0 Å². The van der Waals surface area contributed by atoms with E-state index >= 15 is 0 Å². The molecule has 0 aliphatic carbocycles. The van der Waals surface area contributed by atoms with Crippen molar-refractivity contribution in [3.63, 3.8) is 0 Å². The molecule has 0 aromatic carbocycles. The number of halogens is 1. The molecule has 0 saturated heterocycles. The van der Waals surface area contributed by atoms with Crippen LogP contribution in [-0.2, 0) is 0 Å². The molecule has 2 heteroatoms. The van der Waals surface area contributed by atoms with Gasteiger partial charge in [-0.15, -0.1) is 0 Å². The second-order valence-corrected chi connectivity index (χ2v) is 7.81. The van der Waals surface area contributed by atoms with Crippen molar-refractivity contribution >= 4 is 19.2 Å². The van der Waals surface area contributed by atoms with E-state index in [1.54, 1.807) is 0 Å². The number of rotatable bonds is 6. The van der Waals surface area contributed by atoms with Crippen LogP contribution in [-0.4, -0.2) is 8.11 Å². The molecule has 1 radical (unpaired) electrons. The molecule has 0 amide bonds. The predicted octanol–water partition coefficient (Wildman–Crippen LogP) is 4.60. The Morgan fingerprint density at radius 1 is 1.00 bits per heavy atom. The minimum Gasteiger partial charge on any atom is -0.168 e. The quantitative estimate of drug-likeness (QED) is 0.439. The highest BCUT2D eigenvalue weighted by Crippen LogP contribution is 2.30. The Morgan fingerprint density at radius 3 is 1.58 bits per heavy atom. The molecule has 0 aliphatic heterocycles. The lowest BCUT2D eigenvalue weighted by Crippen LogP contribution is -2.17. The number of hydrogen-bond donors (Lipinski definition) is 0. The van der Waals surface area contributed by atoms with E-state index in [1.807, 2.05) is 0 Å². The van der Waals surface area contributed by atoms with E-state index in [9.17, 15) is 0 Å².